The molecule has 7 nitrogen and oxygen atoms in total. The number of hydrogen-bond donors (Lipinski definition) is 2. The quantitative estimate of drug-likeness (QED) is 0.487. The fraction of sp³-hybridized carbons (Fsp3) is 0.333. The van der Waals surface area contributed by atoms with E-state index in [1.165, 1.54) is 6.20 Å². The Labute approximate surface area is 109 Å². The molecule has 1 aliphatic carbocycles. The van der Waals surface area contributed by atoms with Crippen molar-refractivity contribution in [3.8, 4) is 0 Å². The Hall–Kier alpha value is -2.44. The lowest BCUT2D eigenvalue weighted by atomic mass is 10.1. The topological polar surface area (TPSA) is 105 Å². The largest absolute Gasteiger partial charge is 0.481 e. The van der Waals surface area contributed by atoms with E-state index >= 15 is 0 Å². The van der Waals surface area contributed by atoms with Crippen LogP contribution in [0.25, 0.3) is 0 Å². The van der Waals surface area contributed by atoms with E-state index in [1.54, 1.807) is 25.1 Å². The van der Waals surface area contributed by atoms with Gasteiger partial charge in [0.25, 0.3) is 0 Å². The highest BCUT2D eigenvalue weighted by Gasteiger charge is 2.27. The van der Waals surface area contributed by atoms with Gasteiger partial charge in [0, 0.05) is 17.8 Å². The predicted octanol–water partition coefficient (Wildman–Crippen LogP) is 1.74. The maximum absolute atomic E-state index is 11.0. The van der Waals surface area contributed by atoms with Crippen molar-refractivity contribution in [2.45, 2.75) is 19.4 Å². The van der Waals surface area contributed by atoms with Crippen LogP contribution in [-0.2, 0) is 4.79 Å². The second kappa shape index (κ2) is 5.05. The Morgan fingerprint density at radius 1 is 1.58 bits per heavy atom. The van der Waals surface area contributed by atoms with Crippen molar-refractivity contribution in [3.05, 3.63) is 40.1 Å². The minimum atomic E-state index is -0.896. The Balaban J connectivity index is 2.17. The summed E-state index contributed by atoms with van der Waals surface area (Å²) in [6.45, 7) is 1.63. The monoisotopic (exact) mass is 263 g/mol. The Morgan fingerprint density at radius 2 is 2.32 bits per heavy atom. The maximum atomic E-state index is 11.0. The number of aryl methyl sites for hydroxylation is 1. The van der Waals surface area contributed by atoms with Gasteiger partial charge in [0.2, 0.25) is 5.82 Å². The zero-order valence-corrected chi connectivity index (χ0v) is 10.2. The van der Waals surface area contributed by atoms with Gasteiger partial charge in [-0.3, -0.25) is 14.9 Å². The average Bonchev–Trinajstić information content (AvgIpc) is 2.77. The van der Waals surface area contributed by atoms with Gasteiger partial charge in [-0.1, -0.05) is 12.2 Å². The zero-order valence-electron chi connectivity index (χ0n) is 10.2. The number of carboxylic acid groups (broad SMARTS) is 1. The molecule has 2 unspecified atom stereocenters. The molecule has 0 amide bonds. The van der Waals surface area contributed by atoms with Crippen molar-refractivity contribution in [2.75, 3.05) is 5.32 Å². The summed E-state index contributed by atoms with van der Waals surface area (Å²) in [7, 11) is 0. The van der Waals surface area contributed by atoms with Crippen LogP contribution in [0.5, 0.6) is 0 Å². The number of nitrogens with one attached hydrogen (secondary N) is 1. The summed E-state index contributed by atoms with van der Waals surface area (Å²) in [6, 6.07) is 1.31. The molecule has 2 N–H and O–H groups in total. The van der Waals surface area contributed by atoms with E-state index in [2.05, 4.69) is 10.3 Å². The number of aromatic nitrogens is 1. The van der Waals surface area contributed by atoms with Crippen LogP contribution < -0.4 is 5.32 Å². The van der Waals surface area contributed by atoms with Crippen LogP contribution in [0.2, 0.25) is 0 Å². The number of anilines is 1. The summed E-state index contributed by atoms with van der Waals surface area (Å²) < 4.78 is 0. The van der Waals surface area contributed by atoms with Crippen molar-refractivity contribution in [1.29, 1.82) is 0 Å². The van der Waals surface area contributed by atoms with Crippen molar-refractivity contribution < 1.29 is 14.8 Å². The highest BCUT2D eigenvalue weighted by atomic mass is 16.6. The van der Waals surface area contributed by atoms with E-state index in [-0.39, 0.29) is 17.5 Å². The molecule has 0 spiro atoms. The third-order valence-corrected chi connectivity index (χ3v) is 3.03. The van der Waals surface area contributed by atoms with Crippen molar-refractivity contribution in [3.63, 3.8) is 0 Å². The molecule has 1 aromatic heterocycles. The summed E-state index contributed by atoms with van der Waals surface area (Å²) in [4.78, 5) is 25.3. The Bertz CT molecular complexity index is 556. The molecule has 7 heteroatoms. The molecule has 1 aliphatic rings. The van der Waals surface area contributed by atoms with Gasteiger partial charge >= 0.3 is 11.7 Å². The second-order valence-electron chi connectivity index (χ2n) is 4.40. The van der Waals surface area contributed by atoms with Gasteiger partial charge in [-0.15, -0.1) is 0 Å². The minimum absolute atomic E-state index is 0.0744. The first-order chi connectivity index (χ1) is 8.99. The van der Waals surface area contributed by atoms with E-state index in [0.717, 1.165) is 0 Å². The smallest absolute Gasteiger partial charge is 0.314 e. The molecule has 0 saturated heterocycles. The Kier molecular flexibility index (Phi) is 3.46. The fourth-order valence-corrected chi connectivity index (χ4v) is 2.05. The SMILES string of the molecule is Cc1ccnc(NC2C=CC(C(=O)O)C2)c1[N+](=O)[O-]. The molecule has 0 radical (unpaired) electrons. The standard InChI is InChI=1S/C12H13N3O4/c1-7-4-5-13-11(10(7)15(18)19)14-9-3-2-8(6-9)12(16)17/h2-5,8-9H,6H2,1H3,(H,13,14)(H,16,17). The van der Waals surface area contributed by atoms with Crippen LogP contribution in [0.1, 0.15) is 12.0 Å². The van der Waals surface area contributed by atoms with Gasteiger partial charge in [-0.05, 0) is 19.4 Å². The molecule has 0 fully saturated rings. The van der Waals surface area contributed by atoms with Crippen molar-refractivity contribution in [1.82, 2.24) is 4.98 Å². The zero-order chi connectivity index (χ0) is 14.0. The summed E-state index contributed by atoms with van der Waals surface area (Å²) >= 11 is 0. The van der Waals surface area contributed by atoms with Gasteiger partial charge in [-0.2, -0.15) is 0 Å². The number of carboxylic acids is 1. The first kappa shape index (κ1) is 13.0. The van der Waals surface area contributed by atoms with Gasteiger partial charge < -0.3 is 10.4 Å². The highest BCUT2D eigenvalue weighted by Crippen LogP contribution is 2.28. The number of nitrogens with zero attached hydrogens (tertiary/aromatic N) is 2. The second-order valence-corrected chi connectivity index (χ2v) is 4.40. The molecule has 1 heterocycles. The maximum Gasteiger partial charge on any atom is 0.314 e. The van der Waals surface area contributed by atoms with E-state index < -0.39 is 16.8 Å². The molecule has 0 aromatic carbocycles. The molecule has 2 atom stereocenters. The molecular formula is C12H13N3O4. The minimum Gasteiger partial charge on any atom is -0.481 e. The lowest BCUT2D eigenvalue weighted by Gasteiger charge is -2.13. The van der Waals surface area contributed by atoms with Crippen LogP contribution in [0, 0.1) is 23.0 Å². The number of aliphatic carboxylic acids is 1. The van der Waals surface area contributed by atoms with Crippen LogP contribution >= 0.6 is 0 Å². The van der Waals surface area contributed by atoms with E-state index in [9.17, 15) is 14.9 Å². The van der Waals surface area contributed by atoms with Crippen molar-refractivity contribution in [2.24, 2.45) is 5.92 Å². The lowest BCUT2D eigenvalue weighted by molar-refractivity contribution is -0.384. The van der Waals surface area contributed by atoms with Gasteiger partial charge in [0.1, 0.15) is 0 Å². The first-order valence-electron chi connectivity index (χ1n) is 5.76. The lowest BCUT2D eigenvalue weighted by Crippen LogP contribution is -2.20. The average molecular weight is 263 g/mol. The van der Waals surface area contributed by atoms with Crippen LogP contribution in [0.15, 0.2) is 24.4 Å². The van der Waals surface area contributed by atoms with Gasteiger partial charge in [-0.25, -0.2) is 4.98 Å². The molecule has 19 heavy (non-hydrogen) atoms. The normalized spacial score (nSPS) is 21.3. The van der Waals surface area contributed by atoms with E-state index in [1.807, 2.05) is 0 Å². The van der Waals surface area contributed by atoms with Crippen LogP contribution in [0.3, 0.4) is 0 Å². The predicted molar refractivity (Wildman–Crippen MR) is 67.9 cm³/mol. The molecule has 2 rings (SSSR count). The van der Waals surface area contributed by atoms with E-state index in [4.69, 9.17) is 5.11 Å². The van der Waals surface area contributed by atoms with Crippen molar-refractivity contribution >= 4 is 17.5 Å². The summed E-state index contributed by atoms with van der Waals surface area (Å²) in [5.41, 5.74) is 0.439. The van der Waals surface area contributed by atoms with Crippen LogP contribution in [0.4, 0.5) is 11.5 Å². The third-order valence-electron chi connectivity index (χ3n) is 3.03. The number of hydrogen-bond acceptors (Lipinski definition) is 5. The van der Waals surface area contributed by atoms with Gasteiger partial charge in [0.05, 0.1) is 10.8 Å². The molecule has 1 aromatic rings. The molecule has 0 aliphatic heterocycles. The highest BCUT2D eigenvalue weighted by molar-refractivity contribution is 5.73. The number of nitro groups is 1. The third kappa shape index (κ3) is 2.70. The summed E-state index contributed by atoms with van der Waals surface area (Å²) in [5.74, 6) is -1.28. The number of carbonyl (C=O) groups is 1. The number of pyridine rings is 1. The Morgan fingerprint density at radius 3 is 2.89 bits per heavy atom. The molecular weight excluding hydrogens is 250 g/mol. The summed E-state index contributed by atoms with van der Waals surface area (Å²) in [6.07, 6.45) is 5.13. The first-order valence-corrected chi connectivity index (χ1v) is 5.76. The fourth-order valence-electron chi connectivity index (χ4n) is 2.05. The van der Waals surface area contributed by atoms with E-state index in [0.29, 0.717) is 12.0 Å². The molecule has 0 bridgehead atoms. The molecule has 100 valence electrons. The number of rotatable bonds is 4. The summed E-state index contributed by atoms with van der Waals surface area (Å²) in [5, 5.41) is 22.8. The van der Waals surface area contributed by atoms with Crippen LogP contribution in [-0.4, -0.2) is 27.0 Å². The molecule has 0 saturated carbocycles. The van der Waals surface area contributed by atoms with Gasteiger partial charge in [0.15, 0.2) is 0 Å².